The van der Waals surface area contributed by atoms with Gasteiger partial charge in [0.05, 0.1) is 5.56 Å². The number of nitrogens with two attached hydrogens (primary N) is 1. The number of carbonyl (C=O) groups is 1. The van der Waals surface area contributed by atoms with Crippen LogP contribution in [0.2, 0.25) is 0 Å². The summed E-state index contributed by atoms with van der Waals surface area (Å²) >= 11 is 0. The molecule has 1 amide bonds. The number of carbonyl (C=O) groups excluding carboxylic acids is 1. The van der Waals surface area contributed by atoms with Gasteiger partial charge >= 0.3 is 0 Å². The van der Waals surface area contributed by atoms with E-state index in [9.17, 15) is 9.18 Å². The summed E-state index contributed by atoms with van der Waals surface area (Å²) in [6.07, 6.45) is 0. The van der Waals surface area contributed by atoms with E-state index in [1.807, 2.05) is 19.1 Å². The van der Waals surface area contributed by atoms with Crippen LogP contribution in [-0.4, -0.2) is 5.91 Å². The summed E-state index contributed by atoms with van der Waals surface area (Å²) in [5, 5.41) is 2.65. The first-order valence-electron chi connectivity index (χ1n) is 5.99. The zero-order valence-corrected chi connectivity index (χ0v) is 10.6. The monoisotopic (exact) mass is 258 g/mol. The van der Waals surface area contributed by atoms with E-state index in [0.717, 1.165) is 5.56 Å². The molecule has 0 spiro atoms. The molecule has 3 nitrogen and oxygen atoms in total. The molecule has 0 heterocycles. The Kier molecular flexibility index (Phi) is 3.92. The Labute approximate surface area is 111 Å². The first kappa shape index (κ1) is 13.2. The Morgan fingerprint density at radius 3 is 2.37 bits per heavy atom. The van der Waals surface area contributed by atoms with Crippen molar-refractivity contribution in [1.82, 2.24) is 0 Å². The van der Waals surface area contributed by atoms with Gasteiger partial charge in [0.25, 0.3) is 5.91 Å². The zero-order valence-electron chi connectivity index (χ0n) is 10.6. The standard InChI is InChI=1S/C15H15FN2O/c1-10(17)11-6-8-12(9-7-11)18-15(19)13-4-2-3-5-14(13)16/h2-10H,17H2,1H3,(H,18,19). The van der Waals surface area contributed by atoms with Crippen molar-refractivity contribution < 1.29 is 9.18 Å². The van der Waals surface area contributed by atoms with Crippen LogP contribution < -0.4 is 11.1 Å². The fraction of sp³-hybridized carbons (Fsp3) is 0.133. The Bertz CT molecular complexity index is 579. The fourth-order valence-corrected chi connectivity index (χ4v) is 1.71. The first-order chi connectivity index (χ1) is 9.08. The second kappa shape index (κ2) is 5.63. The molecule has 0 aliphatic rings. The molecule has 0 saturated heterocycles. The summed E-state index contributed by atoms with van der Waals surface area (Å²) in [5.74, 6) is -1.00. The molecule has 98 valence electrons. The van der Waals surface area contributed by atoms with Crippen LogP contribution >= 0.6 is 0 Å². The fourth-order valence-electron chi connectivity index (χ4n) is 1.71. The lowest BCUT2D eigenvalue weighted by Crippen LogP contribution is -2.13. The molecular weight excluding hydrogens is 243 g/mol. The smallest absolute Gasteiger partial charge is 0.258 e. The average molecular weight is 258 g/mol. The van der Waals surface area contributed by atoms with Crippen molar-refractivity contribution >= 4 is 11.6 Å². The molecule has 0 aromatic heterocycles. The van der Waals surface area contributed by atoms with Crippen molar-refractivity contribution in [3.05, 3.63) is 65.5 Å². The SMILES string of the molecule is CC(N)c1ccc(NC(=O)c2ccccc2F)cc1. The van der Waals surface area contributed by atoms with Crippen LogP contribution in [0.4, 0.5) is 10.1 Å². The Morgan fingerprint density at radius 2 is 1.79 bits per heavy atom. The second-order valence-corrected chi connectivity index (χ2v) is 4.34. The van der Waals surface area contributed by atoms with Gasteiger partial charge in [0.1, 0.15) is 5.82 Å². The van der Waals surface area contributed by atoms with Gasteiger partial charge in [-0.1, -0.05) is 24.3 Å². The second-order valence-electron chi connectivity index (χ2n) is 4.34. The van der Waals surface area contributed by atoms with Crippen LogP contribution in [-0.2, 0) is 0 Å². The summed E-state index contributed by atoms with van der Waals surface area (Å²) in [6, 6.07) is 13.0. The van der Waals surface area contributed by atoms with Gasteiger partial charge in [0, 0.05) is 11.7 Å². The van der Waals surface area contributed by atoms with E-state index in [4.69, 9.17) is 5.73 Å². The van der Waals surface area contributed by atoms with Crippen molar-refractivity contribution in [3.8, 4) is 0 Å². The van der Waals surface area contributed by atoms with E-state index in [0.29, 0.717) is 5.69 Å². The van der Waals surface area contributed by atoms with Crippen molar-refractivity contribution in [3.63, 3.8) is 0 Å². The van der Waals surface area contributed by atoms with Crippen LogP contribution in [0.25, 0.3) is 0 Å². The number of nitrogens with one attached hydrogen (secondary N) is 1. The van der Waals surface area contributed by atoms with E-state index >= 15 is 0 Å². The summed E-state index contributed by atoms with van der Waals surface area (Å²) in [6.45, 7) is 1.88. The van der Waals surface area contributed by atoms with Gasteiger partial charge in [-0.2, -0.15) is 0 Å². The molecule has 1 atom stereocenters. The minimum Gasteiger partial charge on any atom is -0.324 e. The number of hydrogen-bond donors (Lipinski definition) is 2. The summed E-state index contributed by atoms with van der Waals surface area (Å²) in [7, 11) is 0. The zero-order chi connectivity index (χ0) is 13.8. The molecule has 0 bridgehead atoms. The predicted octanol–water partition coefficient (Wildman–Crippen LogP) is 3.10. The lowest BCUT2D eigenvalue weighted by molar-refractivity contribution is 0.102. The van der Waals surface area contributed by atoms with Crippen LogP contribution in [0, 0.1) is 5.82 Å². The molecule has 4 heteroatoms. The number of hydrogen-bond acceptors (Lipinski definition) is 2. The van der Waals surface area contributed by atoms with Gasteiger partial charge in [0.2, 0.25) is 0 Å². The Hall–Kier alpha value is -2.20. The topological polar surface area (TPSA) is 55.1 Å². The molecule has 0 aliphatic carbocycles. The van der Waals surface area contributed by atoms with Crippen molar-refractivity contribution in [2.45, 2.75) is 13.0 Å². The molecule has 2 aromatic carbocycles. The molecule has 0 fully saturated rings. The highest BCUT2D eigenvalue weighted by atomic mass is 19.1. The van der Waals surface area contributed by atoms with Crippen LogP contribution in [0.3, 0.4) is 0 Å². The van der Waals surface area contributed by atoms with E-state index < -0.39 is 11.7 Å². The van der Waals surface area contributed by atoms with Gasteiger partial charge in [0.15, 0.2) is 0 Å². The Balaban J connectivity index is 2.13. The largest absolute Gasteiger partial charge is 0.324 e. The van der Waals surface area contributed by atoms with Gasteiger partial charge in [-0.25, -0.2) is 4.39 Å². The van der Waals surface area contributed by atoms with Crippen LogP contribution in [0.5, 0.6) is 0 Å². The number of halogens is 1. The van der Waals surface area contributed by atoms with Gasteiger partial charge in [-0.05, 0) is 36.8 Å². The number of anilines is 1. The molecule has 3 N–H and O–H groups in total. The maximum absolute atomic E-state index is 13.4. The minimum atomic E-state index is -0.535. The third-order valence-electron chi connectivity index (χ3n) is 2.81. The minimum absolute atomic E-state index is 0.0266. The van der Waals surface area contributed by atoms with Gasteiger partial charge < -0.3 is 11.1 Å². The highest BCUT2D eigenvalue weighted by Crippen LogP contribution is 2.15. The normalized spacial score (nSPS) is 11.9. The van der Waals surface area contributed by atoms with E-state index in [2.05, 4.69) is 5.32 Å². The van der Waals surface area contributed by atoms with E-state index in [1.54, 1.807) is 24.3 Å². The molecule has 0 saturated carbocycles. The molecule has 0 radical (unpaired) electrons. The summed E-state index contributed by atoms with van der Waals surface area (Å²) < 4.78 is 13.4. The Morgan fingerprint density at radius 1 is 1.16 bits per heavy atom. The highest BCUT2D eigenvalue weighted by Gasteiger charge is 2.10. The molecule has 2 rings (SSSR count). The van der Waals surface area contributed by atoms with E-state index in [1.165, 1.54) is 12.1 Å². The van der Waals surface area contributed by atoms with Crippen molar-refractivity contribution in [1.29, 1.82) is 0 Å². The average Bonchev–Trinajstić information content (AvgIpc) is 2.39. The number of benzene rings is 2. The maximum Gasteiger partial charge on any atom is 0.258 e. The van der Waals surface area contributed by atoms with Gasteiger partial charge in [-0.3, -0.25) is 4.79 Å². The molecular formula is C15H15FN2O. The highest BCUT2D eigenvalue weighted by molar-refractivity contribution is 6.04. The summed E-state index contributed by atoms with van der Waals surface area (Å²) in [4.78, 5) is 11.9. The molecule has 19 heavy (non-hydrogen) atoms. The number of amides is 1. The lowest BCUT2D eigenvalue weighted by atomic mass is 10.1. The quantitative estimate of drug-likeness (QED) is 0.888. The van der Waals surface area contributed by atoms with Crippen molar-refractivity contribution in [2.75, 3.05) is 5.32 Å². The molecule has 1 unspecified atom stereocenters. The van der Waals surface area contributed by atoms with E-state index in [-0.39, 0.29) is 11.6 Å². The van der Waals surface area contributed by atoms with Crippen LogP contribution in [0.15, 0.2) is 48.5 Å². The number of rotatable bonds is 3. The van der Waals surface area contributed by atoms with Gasteiger partial charge in [-0.15, -0.1) is 0 Å². The third kappa shape index (κ3) is 3.17. The molecule has 2 aromatic rings. The molecule has 0 aliphatic heterocycles. The maximum atomic E-state index is 13.4. The lowest BCUT2D eigenvalue weighted by Gasteiger charge is -2.09. The third-order valence-corrected chi connectivity index (χ3v) is 2.81. The first-order valence-corrected chi connectivity index (χ1v) is 5.99. The van der Waals surface area contributed by atoms with Crippen molar-refractivity contribution in [2.24, 2.45) is 5.73 Å². The van der Waals surface area contributed by atoms with Crippen LogP contribution in [0.1, 0.15) is 28.9 Å². The summed E-state index contributed by atoms with van der Waals surface area (Å²) in [5.41, 5.74) is 7.35. The predicted molar refractivity (Wildman–Crippen MR) is 73.4 cm³/mol.